The van der Waals surface area contributed by atoms with E-state index in [-0.39, 0.29) is 5.54 Å². The van der Waals surface area contributed by atoms with Crippen molar-refractivity contribution in [3.05, 3.63) is 0 Å². The Morgan fingerprint density at radius 2 is 1.29 bits per heavy atom. The van der Waals surface area contributed by atoms with E-state index in [9.17, 15) is 0 Å². The summed E-state index contributed by atoms with van der Waals surface area (Å²) in [4.78, 5) is 0. The predicted molar refractivity (Wildman–Crippen MR) is 63.2 cm³/mol. The molecule has 0 aliphatic heterocycles. The van der Waals surface area contributed by atoms with Gasteiger partial charge in [-0.1, -0.05) is 34.6 Å². The predicted octanol–water partition coefficient (Wildman–Crippen LogP) is 3.72. The van der Waals surface area contributed by atoms with Gasteiger partial charge in [-0.3, -0.25) is 0 Å². The fraction of sp³-hybridized carbons (Fsp3) is 1.00. The lowest BCUT2D eigenvalue weighted by Crippen LogP contribution is -2.44. The van der Waals surface area contributed by atoms with Gasteiger partial charge in [-0.15, -0.1) is 0 Å². The molecule has 0 spiro atoms. The SMILES string of the molecule is CCC1(N)CC(C)(C)CCC(C)(C)C1. The summed E-state index contributed by atoms with van der Waals surface area (Å²) >= 11 is 0. The number of hydrogen-bond acceptors (Lipinski definition) is 1. The van der Waals surface area contributed by atoms with E-state index < -0.39 is 0 Å². The summed E-state index contributed by atoms with van der Waals surface area (Å²) in [5.41, 5.74) is 7.44. The van der Waals surface area contributed by atoms with Crippen LogP contribution in [0.5, 0.6) is 0 Å². The zero-order chi connectivity index (χ0) is 11.0. The van der Waals surface area contributed by atoms with Crippen molar-refractivity contribution in [2.24, 2.45) is 16.6 Å². The highest BCUT2D eigenvalue weighted by Gasteiger charge is 2.40. The van der Waals surface area contributed by atoms with E-state index in [1.54, 1.807) is 0 Å². The Morgan fingerprint density at radius 1 is 0.929 bits per heavy atom. The summed E-state index contributed by atoms with van der Waals surface area (Å²) in [7, 11) is 0. The highest BCUT2D eigenvalue weighted by atomic mass is 14.8. The van der Waals surface area contributed by atoms with Gasteiger partial charge in [-0.05, 0) is 42.9 Å². The zero-order valence-electron chi connectivity index (χ0n) is 10.6. The van der Waals surface area contributed by atoms with Crippen molar-refractivity contribution in [3.63, 3.8) is 0 Å². The monoisotopic (exact) mass is 197 g/mol. The maximum atomic E-state index is 6.51. The van der Waals surface area contributed by atoms with Crippen LogP contribution in [0.15, 0.2) is 0 Å². The molecule has 0 amide bonds. The van der Waals surface area contributed by atoms with E-state index in [4.69, 9.17) is 5.73 Å². The van der Waals surface area contributed by atoms with E-state index in [1.807, 2.05) is 0 Å². The van der Waals surface area contributed by atoms with Crippen molar-refractivity contribution >= 4 is 0 Å². The molecule has 0 saturated heterocycles. The molecule has 1 nitrogen and oxygen atoms in total. The summed E-state index contributed by atoms with van der Waals surface area (Å²) in [6, 6.07) is 0. The molecule has 0 aromatic heterocycles. The summed E-state index contributed by atoms with van der Waals surface area (Å²) in [6.07, 6.45) is 6.11. The first-order chi connectivity index (χ1) is 6.18. The van der Waals surface area contributed by atoms with Crippen molar-refractivity contribution in [2.75, 3.05) is 0 Å². The minimum atomic E-state index is 0.0729. The second kappa shape index (κ2) is 3.52. The molecule has 84 valence electrons. The first kappa shape index (κ1) is 12.0. The minimum absolute atomic E-state index is 0.0729. The first-order valence-electron chi connectivity index (χ1n) is 5.97. The van der Waals surface area contributed by atoms with E-state index in [0.717, 1.165) is 6.42 Å². The van der Waals surface area contributed by atoms with E-state index >= 15 is 0 Å². The molecule has 0 radical (unpaired) electrons. The maximum absolute atomic E-state index is 6.51. The number of nitrogens with two attached hydrogens (primary N) is 1. The molecular weight excluding hydrogens is 170 g/mol. The molecule has 1 saturated carbocycles. The molecule has 14 heavy (non-hydrogen) atoms. The van der Waals surface area contributed by atoms with Gasteiger partial charge in [0.15, 0.2) is 0 Å². The Bertz CT molecular complexity index is 185. The lowest BCUT2D eigenvalue weighted by molar-refractivity contribution is 0.212. The highest BCUT2D eigenvalue weighted by Crippen LogP contribution is 2.46. The third-order valence-corrected chi connectivity index (χ3v) is 3.84. The van der Waals surface area contributed by atoms with Crippen LogP contribution in [-0.2, 0) is 0 Å². The molecule has 1 rings (SSSR count). The summed E-state index contributed by atoms with van der Waals surface area (Å²) < 4.78 is 0. The van der Waals surface area contributed by atoms with Crippen LogP contribution < -0.4 is 5.73 Å². The molecule has 0 atom stereocenters. The molecule has 1 fully saturated rings. The van der Waals surface area contributed by atoms with Gasteiger partial charge >= 0.3 is 0 Å². The quantitative estimate of drug-likeness (QED) is 0.637. The molecule has 0 aromatic rings. The van der Waals surface area contributed by atoms with E-state index in [2.05, 4.69) is 34.6 Å². The Hall–Kier alpha value is -0.0400. The molecule has 1 aliphatic carbocycles. The van der Waals surface area contributed by atoms with Crippen LogP contribution >= 0.6 is 0 Å². The van der Waals surface area contributed by atoms with Crippen molar-refractivity contribution in [1.29, 1.82) is 0 Å². The first-order valence-corrected chi connectivity index (χ1v) is 5.97. The van der Waals surface area contributed by atoms with Gasteiger partial charge < -0.3 is 5.73 Å². The van der Waals surface area contributed by atoms with Gasteiger partial charge in [0.2, 0.25) is 0 Å². The summed E-state index contributed by atoms with van der Waals surface area (Å²) in [5, 5.41) is 0. The second-order valence-corrected chi connectivity index (χ2v) is 6.90. The van der Waals surface area contributed by atoms with E-state index in [1.165, 1.54) is 25.7 Å². The third-order valence-electron chi connectivity index (χ3n) is 3.84. The van der Waals surface area contributed by atoms with Crippen LogP contribution in [0.25, 0.3) is 0 Å². The molecule has 0 heterocycles. The molecule has 0 unspecified atom stereocenters. The van der Waals surface area contributed by atoms with Crippen LogP contribution in [0.3, 0.4) is 0 Å². The summed E-state index contributed by atoms with van der Waals surface area (Å²) in [6.45, 7) is 11.7. The van der Waals surface area contributed by atoms with E-state index in [0.29, 0.717) is 10.8 Å². The molecular formula is C13H27N. The van der Waals surface area contributed by atoms with Crippen LogP contribution in [0.2, 0.25) is 0 Å². The van der Waals surface area contributed by atoms with Crippen molar-refractivity contribution in [3.8, 4) is 0 Å². The fourth-order valence-corrected chi connectivity index (χ4v) is 3.07. The lowest BCUT2D eigenvalue weighted by Gasteiger charge is -2.36. The fourth-order valence-electron chi connectivity index (χ4n) is 3.07. The van der Waals surface area contributed by atoms with Gasteiger partial charge in [0.05, 0.1) is 0 Å². The average molecular weight is 197 g/mol. The van der Waals surface area contributed by atoms with Gasteiger partial charge in [0, 0.05) is 5.54 Å². The Kier molecular flexibility index (Phi) is 3.02. The zero-order valence-corrected chi connectivity index (χ0v) is 10.6. The maximum Gasteiger partial charge on any atom is 0.0161 e. The largest absolute Gasteiger partial charge is 0.325 e. The van der Waals surface area contributed by atoms with Crippen molar-refractivity contribution in [2.45, 2.75) is 72.3 Å². The van der Waals surface area contributed by atoms with Gasteiger partial charge in [-0.2, -0.15) is 0 Å². The Balaban J connectivity index is 2.87. The van der Waals surface area contributed by atoms with Crippen LogP contribution in [0, 0.1) is 10.8 Å². The number of rotatable bonds is 1. The summed E-state index contributed by atoms with van der Waals surface area (Å²) in [5.74, 6) is 0. The highest BCUT2D eigenvalue weighted by molar-refractivity contribution is 4.96. The van der Waals surface area contributed by atoms with Gasteiger partial charge in [-0.25, -0.2) is 0 Å². The topological polar surface area (TPSA) is 26.0 Å². The molecule has 1 aliphatic rings. The number of hydrogen-bond donors (Lipinski definition) is 1. The normalized spacial score (nSPS) is 29.6. The molecule has 0 aromatic carbocycles. The van der Waals surface area contributed by atoms with Crippen LogP contribution in [-0.4, -0.2) is 5.54 Å². The van der Waals surface area contributed by atoms with Gasteiger partial charge in [0.25, 0.3) is 0 Å². The minimum Gasteiger partial charge on any atom is -0.325 e. The van der Waals surface area contributed by atoms with Gasteiger partial charge in [0.1, 0.15) is 0 Å². The molecule has 0 bridgehead atoms. The Morgan fingerprint density at radius 3 is 1.57 bits per heavy atom. The van der Waals surface area contributed by atoms with Crippen LogP contribution in [0.1, 0.15) is 66.7 Å². The Labute approximate surface area is 89.5 Å². The van der Waals surface area contributed by atoms with Crippen molar-refractivity contribution < 1.29 is 0 Å². The second-order valence-electron chi connectivity index (χ2n) is 6.90. The lowest BCUT2D eigenvalue weighted by atomic mass is 9.74. The van der Waals surface area contributed by atoms with Crippen LogP contribution in [0.4, 0.5) is 0 Å². The smallest absolute Gasteiger partial charge is 0.0161 e. The molecule has 1 heteroatoms. The third kappa shape index (κ3) is 2.98. The van der Waals surface area contributed by atoms with Crippen molar-refractivity contribution in [1.82, 2.24) is 0 Å². The molecule has 2 N–H and O–H groups in total. The standard InChI is InChI=1S/C13H27N/c1-6-13(14)9-11(2,3)7-8-12(4,5)10-13/h6-10,14H2,1-5H3. The average Bonchev–Trinajstić information content (AvgIpc) is 2.06.